The summed E-state index contributed by atoms with van der Waals surface area (Å²) in [7, 11) is -4.56. The Morgan fingerprint density at radius 1 is 1.50 bits per heavy atom. The van der Waals surface area contributed by atoms with Crippen molar-refractivity contribution in [3.63, 3.8) is 0 Å². The molecule has 1 aromatic heterocycles. The van der Waals surface area contributed by atoms with Gasteiger partial charge in [0.2, 0.25) is 11.0 Å². The summed E-state index contributed by atoms with van der Waals surface area (Å²) in [5.74, 6) is -0.452. The lowest BCUT2D eigenvalue weighted by Gasteiger charge is -2.11. The van der Waals surface area contributed by atoms with E-state index in [4.69, 9.17) is 0 Å². The van der Waals surface area contributed by atoms with Crippen LogP contribution < -0.4 is 4.90 Å². The van der Waals surface area contributed by atoms with Crippen molar-refractivity contribution in [2.24, 2.45) is 5.92 Å². The zero-order valence-corrected chi connectivity index (χ0v) is 13.2. The Labute approximate surface area is 125 Å². The number of hydrogen-bond acceptors (Lipinski definition) is 7. The van der Waals surface area contributed by atoms with Gasteiger partial charge in [0.05, 0.1) is 5.75 Å². The zero-order chi connectivity index (χ0) is 14.8. The number of thioether (sulfide) groups is 1. The lowest BCUT2D eigenvalue weighted by molar-refractivity contribution is -0.117. The van der Waals surface area contributed by atoms with Crippen LogP contribution >= 0.6 is 23.1 Å². The van der Waals surface area contributed by atoms with Gasteiger partial charge in [0.15, 0.2) is 4.34 Å². The lowest BCUT2D eigenvalue weighted by atomic mass is 10.1. The van der Waals surface area contributed by atoms with Crippen molar-refractivity contribution in [2.75, 3.05) is 23.0 Å². The van der Waals surface area contributed by atoms with Gasteiger partial charge in [-0.3, -0.25) is 9.69 Å². The van der Waals surface area contributed by atoms with E-state index in [1.807, 2.05) is 0 Å². The van der Waals surface area contributed by atoms with Crippen LogP contribution in [0.2, 0.25) is 0 Å². The van der Waals surface area contributed by atoms with Crippen molar-refractivity contribution in [1.29, 1.82) is 0 Å². The van der Waals surface area contributed by atoms with Gasteiger partial charge >= 0.3 is 10.2 Å². The molecule has 10 heteroatoms. The quantitative estimate of drug-likeness (QED) is 0.446. The van der Waals surface area contributed by atoms with E-state index in [0.29, 0.717) is 5.13 Å². The first-order chi connectivity index (χ1) is 9.39. The van der Waals surface area contributed by atoms with Gasteiger partial charge in [-0.2, -0.15) is 8.42 Å². The van der Waals surface area contributed by atoms with Gasteiger partial charge in [0.1, 0.15) is 0 Å². The molecule has 1 atom stereocenters. The second-order valence-electron chi connectivity index (χ2n) is 4.48. The summed E-state index contributed by atoms with van der Waals surface area (Å²) in [4.78, 5) is 13.2. The van der Waals surface area contributed by atoms with Crippen molar-refractivity contribution in [3.05, 3.63) is 0 Å². The Morgan fingerprint density at radius 3 is 2.90 bits per heavy atom. The molecule has 1 aromatic rings. The maximum atomic E-state index is 12.7. The van der Waals surface area contributed by atoms with Crippen LogP contribution in [0.15, 0.2) is 4.34 Å². The number of nitrogens with zero attached hydrogens (tertiary/aromatic N) is 3. The van der Waals surface area contributed by atoms with Crippen LogP contribution in [0, 0.1) is 5.92 Å². The zero-order valence-electron chi connectivity index (χ0n) is 10.8. The Kier molecular flexibility index (Phi) is 4.97. The molecule has 2 heterocycles. The smallest absolute Gasteiger partial charge is 0.286 e. The van der Waals surface area contributed by atoms with E-state index >= 15 is 0 Å². The highest BCUT2D eigenvalue weighted by Gasteiger charge is 2.35. The fraction of sp³-hybridized carbons (Fsp3) is 0.700. The molecular formula is C10H14FN3O3S3. The minimum atomic E-state index is -4.56. The SMILES string of the molecule is CCCSc1nnc(N2CC(CS(=O)(=O)F)CC2=O)s1. The summed E-state index contributed by atoms with van der Waals surface area (Å²) in [6.45, 7) is 2.23. The number of halogens is 1. The third-order valence-corrected chi connectivity index (χ3v) is 5.85. The van der Waals surface area contributed by atoms with E-state index in [1.165, 1.54) is 16.2 Å². The Hall–Kier alpha value is -0.740. The average Bonchev–Trinajstić information content (AvgIpc) is 2.91. The van der Waals surface area contributed by atoms with Gasteiger partial charge in [0, 0.05) is 24.6 Å². The Bertz CT molecular complexity index is 590. The molecule has 2 rings (SSSR count). The predicted molar refractivity (Wildman–Crippen MR) is 76.3 cm³/mol. The van der Waals surface area contributed by atoms with Crippen LogP contribution in [-0.2, 0) is 15.0 Å². The second-order valence-corrected chi connectivity index (χ2v) is 8.19. The molecule has 1 fully saturated rings. The minimum absolute atomic E-state index is 0.0279. The number of aromatic nitrogens is 2. The average molecular weight is 339 g/mol. The molecule has 0 radical (unpaired) electrons. The molecule has 20 heavy (non-hydrogen) atoms. The van der Waals surface area contributed by atoms with Crippen molar-refractivity contribution < 1.29 is 17.1 Å². The van der Waals surface area contributed by atoms with Crippen molar-refractivity contribution >= 4 is 44.4 Å². The van der Waals surface area contributed by atoms with Gasteiger partial charge in [-0.15, -0.1) is 14.1 Å². The van der Waals surface area contributed by atoms with E-state index in [1.54, 1.807) is 11.8 Å². The molecular weight excluding hydrogens is 325 g/mol. The fourth-order valence-electron chi connectivity index (χ4n) is 1.92. The van der Waals surface area contributed by atoms with Gasteiger partial charge < -0.3 is 0 Å². The van der Waals surface area contributed by atoms with Crippen LogP contribution in [0.3, 0.4) is 0 Å². The van der Waals surface area contributed by atoms with E-state index in [0.717, 1.165) is 16.5 Å². The van der Waals surface area contributed by atoms with Gasteiger partial charge in [-0.25, -0.2) is 0 Å². The molecule has 1 unspecified atom stereocenters. The Morgan fingerprint density at radius 2 is 2.25 bits per heavy atom. The topological polar surface area (TPSA) is 80.2 Å². The summed E-state index contributed by atoms with van der Waals surface area (Å²) in [5.41, 5.74) is 0. The van der Waals surface area contributed by atoms with E-state index in [9.17, 15) is 17.1 Å². The maximum absolute atomic E-state index is 12.7. The monoisotopic (exact) mass is 339 g/mol. The summed E-state index contributed by atoms with van der Waals surface area (Å²) in [6.07, 6.45) is 1.04. The molecule has 0 bridgehead atoms. The standard InChI is InChI=1S/C10H14FN3O3S3/c1-2-3-18-10-13-12-9(19-10)14-5-7(4-8(14)15)6-20(11,16)17/h7H,2-6H2,1H3. The van der Waals surface area contributed by atoms with E-state index in [-0.39, 0.29) is 18.9 Å². The maximum Gasteiger partial charge on any atom is 0.302 e. The first-order valence-electron chi connectivity index (χ1n) is 6.08. The van der Waals surface area contributed by atoms with Gasteiger partial charge in [-0.1, -0.05) is 30.0 Å². The predicted octanol–water partition coefficient (Wildman–Crippen LogP) is 1.69. The molecule has 0 aliphatic carbocycles. The molecule has 1 aliphatic heterocycles. The third kappa shape index (κ3) is 4.13. The number of anilines is 1. The van der Waals surface area contributed by atoms with E-state index < -0.39 is 21.9 Å². The van der Waals surface area contributed by atoms with Gasteiger partial charge in [0.25, 0.3) is 0 Å². The molecule has 0 aromatic carbocycles. The van der Waals surface area contributed by atoms with Crippen molar-refractivity contribution in [2.45, 2.75) is 24.1 Å². The number of carbonyl (C=O) groups excluding carboxylic acids is 1. The fourth-order valence-corrected chi connectivity index (χ4v) is 4.50. The van der Waals surface area contributed by atoms with Gasteiger partial charge in [-0.05, 0) is 6.42 Å². The van der Waals surface area contributed by atoms with E-state index in [2.05, 4.69) is 17.1 Å². The van der Waals surface area contributed by atoms with Crippen LogP contribution in [0.1, 0.15) is 19.8 Å². The minimum Gasteiger partial charge on any atom is -0.286 e. The highest BCUT2D eigenvalue weighted by molar-refractivity contribution is 8.01. The summed E-state index contributed by atoms with van der Waals surface area (Å²) in [5, 5.41) is 8.37. The van der Waals surface area contributed by atoms with Crippen LogP contribution in [0.5, 0.6) is 0 Å². The molecule has 0 N–H and O–H groups in total. The first-order valence-corrected chi connectivity index (χ1v) is 9.43. The summed E-state index contributed by atoms with van der Waals surface area (Å²) < 4.78 is 34.7. The van der Waals surface area contributed by atoms with Crippen LogP contribution in [0.25, 0.3) is 0 Å². The molecule has 0 spiro atoms. The summed E-state index contributed by atoms with van der Waals surface area (Å²) in [6, 6.07) is 0. The number of hydrogen-bond donors (Lipinski definition) is 0. The number of carbonyl (C=O) groups is 1. The highest BCUT2D eigenvalue weighted by atomic mass is 32.3. The second kappa shape index (κ2) is 6.35. The number of amides is 1. The van der Waals surface area contributed by atoms with Crippen LogP contribution in [0.4, 0.5) is 9.02 Å². The highest BCUT2D eigenvalue weighted by Crippen LogP contribution is 2.32. The summed E-state index contributed by atoms with van der Waals surface area (Å²) >= 11 is 2.86. The lowest BCUT2D eigenvalue weighted by Crippen LogP contribution is -2.25. The van der Waals surface area contributed by atoms with Crippen molar-refractivity contribution in [3.8, 4) is 0 Å². The number of rotatable bonds is 6. The third-order valence-electron chi connectivity index (χ3n) is 2.70. The molecule has 6 nitrogen and oxygen atoms in total. The first kappa shape index (κ1) is 15.6. The Balaban J connectivity index is 2.02. The molecule has 1 saturated heterocycles. The molecule has 1 amide bonds. The molecule has 112 valence electrons. The normalized spacial score (nSPS) is 19.8. The van der Waals surface area contributed by atoms with Crippen molar-refractivity contribution in [1.82, 2.24) is 10.2 Å². The molecule has 1 aliphatic rings. The largest absolute Gasteiger partial charge is 0.302 e. The molecule has 0 saturated carbocycles. The van der Waals surface area contributed by atoms with Crippen LogP contribution in [-0.4, -0.2) is 42.6 Å².